The number of aryl methyl sites for hydroxylation is 1. The predicted molar refractivity (Wildman–Crippen MR) is 78.6 cm³/mol. The van der Waals surface area contributed by atoms with Crippen LogP contribution in [0.3, 0.4) is 0 Å². The maximum Gasteiger partial charge on any atom is 0.125 e. The van der Waals surface area contributed by atoms with E-state index in [0.29, 0.717) is 5.92 Å². The normalized spacial score (nSPS) is 27.3. The molecule has 0 spiro atoms. The van der Waals surface area contributed by atoms with Crippen molar-refractivity contribution in [3.05, 3.63) is 29.3 Å². The van der Waals surface area contributed by atoms with E-state index in [0.717, 1.165) is 25.0 Å². The SMILES string of the molecule is CCCC1CCC(O)C(Oc2cccc(C)c2C)C1. The van der Waals surface area contributed by atoms with E-state index in [2.05, 4.69) is 26.8 Å². The Kier molecular flexibility index (Phi) is 4.87. The highest BCUT2D eigenvalue weighted by Gasteiger charge is 2.30. The zero-order valence-electron chi connectivity index (χ0n) is 12.4. The summed E-state index contributed by atoms with van der Waals surface area (Å²) in [5.41, 5.74) is 2.43. The van der Waals surface area contributed by atoms with Crippen LogP contribution in [0, 0.1) is 19.8 Å². The van der Waals surface area contributed by atoms with Crippen molar-refractivity contribution in [1.29, 1.82) is 0 Å². The van der Waals surface area contributed by atoms with Crippen molar-refractivity contribution in [2.24, 2.45) is 5.92 Å². The van der Waals surface area contributed by atoms with E-state index < -0.39 is 0 Å². The second kappa shape index (κ2) is 6.42. The van der Waals surface area contributed by atoms with Crippen LogP contribution in [-0.4, -0.2) is 17.3 Å². The highest BCUT2D eigenvalue weighted by molar-refractivity contribution is 5.38. The van der Waals surface area contributed by atoms with Crippen LogP contribution in [-0.2, 0) is 0 Å². The Bertz CT molecular complexity index is 414. The molecule has 2 rings (SSSR count). The summed E-state index contributed by atoms with van der Waals surface area (Å²) >= 11 is 0. The summed E-state index contributed by atoms with van der Waals surface area (Å²) in [4.78, 5) is 0. The first kappa shape index (κ1) is 14.4. The molecule has 2 nitrogen and oxygen atoms in total. The minimum atomic E-state index is -0.312. The second-order valence-corrected chi connectivity index (χ2v) is 5.89. The van der Waals surface area contributed by atoms with Gasteiger partial charge in [-0.05, 0) is 56.2 Å². The van der Waals surface area contributed by atoms with E-state index >= 15 is 0 Å². The molecule has 1 N–H and O–H groups in total. The molecule has 1 aliphatic rings. The fourth-order valence-electron chi connectivity index (χ4n) is 3.01. The van der Waals surface area contributed by atoms with Gasteiger partial charge in [0.15, 0.2) is 0 Å². The minimum absolute atomic E-state index is 0.0363. The van der Waals surface area contributed by atoms with Gasteiger partial charge in [0, 0.05) is 0 Å². The van der Waals surface area contributed by atoms with Crippen LogP contribution in [0.15, 0.2) is 18.2 Å². The number of rotatable bonds is 4. The summed E-state index contributed by atoms with van der Waals surface area (Å²) in [7, 11) is 0. The molecule has 2 heteroatoms. The van der Waals surface area contributed by atoms with E-state index in [1.807, 2.05) is 12.1 Å². The number of benzene rings is 1. The molecule has 0 aliphatic heterocycles. The monoisotopic (exact) mass is 262 g/mol. The zero-order valence-corrected chi connectivity index (χ0v) is 12.4. The molecule has 106 valence electrons. The number of aliphatic hydroxyl groups excluding tert-OH is 1. The van der Waals surface area contributed by atoms with Crippen LogP contribution < -0.4 is 4.74 Å². The van der Waals surface area contributed by atoms with Gasteiger partial charge in [0.2, 0.25) is 0 Å². The van der Waals surface area contributed by atoms with Gasteiger partial charge < -0.3 is 9.84 Å². The van der Waals surface area contributed by atoms with Crippen LogP contribution in [0.1, 0.15) is 50.2 Å². The summed E-state index contributed by atoms with van der Waals surface area (Å²) < 4.78 is 6.11. The number of ether oxygens (including phenoxy) is 1. The van der Waals surface area contributed by atoms with Crippen molar-refractivity contribution in [2.45, 2.75) is 65.1 Å². The van der Waals surface area contributed by atoms with E-state index in [1.54, 1.807) is 0 Å². The van der Waals surface area contributed by atoms with Crippen molar-refractivity contribution in [2.75, 3.05) is 0 Å². The molecular weight excluding hydrogens is 236 g/mol. The van der Waals surface area contributed by atoms with Crippen LogP contribution in [0.25, 0.3) is 0 Å². The molecule has 1 fully saturated rings. The third kappa shape index (κ3) is 3.50. The van der Waals surface area contributed by atoms with Crippen LogP contribution in [0.2, 0.25) is 0 Å². The average Bonchev–Trinajstić information content (AvgIpc) is 2.39. The molecule has 0 aromatic heterocycles. The smallest absolute Gasteiger partial charge is 0.125 e. The third-order valence-electron chi connectivity index (χ3n) is 4.40. The van der Waals surface area contributed by atoms with Gasteiger partial charge in [-0.25, -0.2) is 0 Å². The van der Waals surface area contributed by atoms with Gasteiger partial charge in [0.25, 0.3) is 0 Å². The first-order valence-electron chi connectivity index (χ1n) is 7.52. The highest BCUT2D eigenvalue weighted by Crippen LogP contribution is 2.32. The summed E-state index contributed by atoms with van der Waals surface area (Å²) in [6, 6.07) is 6.13. The van der Waals surface area contributed by atoms with E-state index in [1.165, 1.54) is 24.0 Å². The summed E-state index contributed by atoms with van der Waals surface area (Å²) in [5, 5.41) is 10.2. The van der Waals surface area contributed by atoms with Gasteiger partial charge in [-0.15, -0.1) is 0 Å². The Morgan fingerprint density at radius 3 is 2.79 bits per heavy atom. The molecule has 1 saturated carbocycles. The molecule has 1 aromatic rings. The van der Waals surface area contributed by atoms with Crippen LogP contribution >= 0.6 is 0 Å². The number of hydrogen-bond donors (Lipinski definition) is 1. The van der Waals surface area contributed by atoms with Gasteiger partial charge in [0.1, 0.15) is 11.9 Å². The lowest BCUT2D eigenvalue weighted by molar-refractivity contribution is -0.0120. The summed E-state index contributed by atoms with van der Waals surface area (Å²) in [6.07, 6.45) is 5.12. The Morgan fingerprint density at radius 1 is 1.26 bits per heavy atom. The molecule has 0 bridgehead atoms. The lowest BCUT2D eigenvalue weighted by atomic mass is 9.83. The van der Waals surface area contributed by atoms with Gasteiger partial charge >= 0.3 is 0 Å². The lowest BCUT2D eigenvalue weighted by Gasteiger charge is -2.34. The van der Waals surface area contributed by atoms with Gasteiger partial charge in [-0.3, -0.25) is 0 Å². The molecule has 1 aromatic carbocycles. The van der Waals surface area contributed by atoms with Crippen LogP contribution in [0.5, 0.6) is 5.75 Å². The molecule has 1 aliphatic carbocycles. The summed E-state index contributed by atoms with van der Waals surface area (Å²) in [5.74, 6) is 1.64. The molecule has 3 unspecified atom stereocenters. The quantitative estimate of drug-likeness (QED) is 0.888. The first-order chi connectivity index (χ1) is 9.11. The molecule has 0 saturated heterocycles. The predicted octanol–water partition coefficient (Wildman–Crippen LogP) is 4.01. The fraction of sp³-hybridized carbons (Fsp3) is 0.647. The molecule has 3 atom stereocenters. The van der Waals surface area contributed by atoms with Gasteiger partial charge in [-0.2, -0.15) is 0 Å². The zero-order chi connectivity index (χ0) is 13.8. The van der Waals surface area contributed by atoms with Crippen molar-refractivity contribution < 1.29 is 9.84 Å². The average molecular weight is 262 g/mol. The minimum Gasteiger partial charge on any atom is -0.487 e. The van der Waals surface area contributed by atoms with E-state index in [9.17, 15) is 5.11 Å². The van der Waals surface area contributed by atoms with Crippen molar-refractivity contribution >= 4 is 0 Å². The Hall–Kier alpha value is -1.02. The molecule has 19 heavy (non-hydrogen) atoms. The molecule has 0 heterocycles. The molecular formula is C17H26O2. The van der Waals surface area contributed by atoms with Crippen molar-refractivity contribution in [3.8, 4) is 5.75 Å². The van der Waals surface area contributed by atoms with Gasteiger partial charge in [0.05, 0.1) is 6.10 Å². The molecule has 0 radical (unpaired) electrons. The van der Waals surface area contributed by atoms with Gasteiger partial charge in [-0.1, -0.05) is 31.9 Å². The van der Waals surface area contributed by atoms with E-state index in [4.69, 9.17) is 4.74 Å². The number of hydrogen-bond acceptors (Lipinski definition) is 2. The van der Waals surface area contributed by atoms with Crippen molar-refractivity contribution in [1.82, 2.24) is 0 Å². The largest absolute Gasteiger partial charge is 0.487 e. The topological polar surface area (TPSA) is 29.5 Å². The second-order valence-electron chi connectivity index (χ2n) is 5.89. The van der Waals surface area contributed by atoms with Crippen LogP contribution in [0.4, 0.5) is 0 Å². The van der Waals surface area contributed by atoms with E-state index in [-0.39, 0.29) is 12.2 Å². The lowest BCUT2D eigenvalue weighted by Crippen LogP contribution is -2.38. The maximum absolute atomic E-state index is 10.2. The molecule has 0 amide bonds. The number of aliphatic hydroxyl groups is 1. The van der Waals surface area contributed by atoms with Crippen molar-refractivity contribution in [3.63, 3.8) is 0 Å². The Balaban J connectivity index is 2.05. The first-order valence-corrected chi connectivity index (χ1v) is 7.52. The maximum atomic E-state index is 10.2. The fourth-order valence-corrected chi connectivity index (χ4v) is 3.01. The summed E-state index contributed by atoms with van der Waals surface area (Å²) in [6.45, 7) is 6.41. The third-order valence-corrected chi connectivity index (χ3v) is 4.40. The standard InChI is InChI=1S/C17H26O2/c1-4-6-14-9-10-15(18)17(11-14)19-16-8-5-7-12(2)13(16)3/h5,7-8,14-15,17-18H,4,6,9-11H2,1-3H3. The Morgan fingerprint density at radius 2 is 2.05 bits per heavy atom. The Labute approximate surface area is 116 Å². The highest BCUT2D eigenvalue weighted by atomic mass is 16.5.